The van der Waals surface area contributed by atoms with Crippen LogP contribution in [0.25, 0.3) is 0 Å². The lowest BCUT2D eigenvalue weighted by Crippen LogP contribution is -2.29. The van der Waals surface area contributed by atoms with Gasteiger partial charge in [0, 0.05) is 19.8 Å². The van der Waals surface area contributed by atoms with E-state index in [1.165, 1.54) is 0 Å². The molecule has 0 unspecified atom stereocenters. The van der Waals surface area contributed by atoms with Gasteiger partial charge >= 0.3 is 0 Å². The van der Waals surface area contributed by atoms with E-state index in [0.29, 0.717) is 5.56 Å². The van der Waals surface area contributed by atoms with E-state index in [-0.39, 0.29) is 5.91 Å². The molecule has 0 spiro atoms. The van der Waals surface area contributed by atoms with E-state index in [1.807, 2.05) is 7.05 Å². The molecule has 1 heterocycles. The number of nitrogens with one attached hydrogen (secondary N) is 1. The molecule has 1 N–H and O–H groups in total. The van der Waals surface area contributed by atoms with Crippen molar-refractivity contribution in [2.45, 2.75) is 6.42 Å². The van der Waals surface area contributed by atoms with Gasteiger partial charge in [0.15, 0.2) is 0 Å². The van der Waals surface area contributed by atoms with Gasteiger partial charge in [-0.1, -0.05) is 0 Å². The molecule has 16 heavy (non-hydrogen) atoms. The van der Waals surface area contributed by atoms with E-state index >= 15 is 0 Å². The summed E-state index contributed by atoms with van der Waals surface area (Å²) in [6, 6.07) is 3.54. The van der Waals surface area contributed by atoms with Gasteiger partial charge in [-0.25, -0.2) is 4.98 Å². The van der Waals surface area contributed by atoms with Crippen molar-refractivity contribution in [1.82, 2.24) is 15.2 Å². The van der Waals surface area contributed by atoms with Gasteiger partial charge in [0.2, 0.25) is 0 Å². The van der Waals surface area contributed by atoms with Crippen molar-refractivity contribution in [1.29, 1.82) is 0 Å². The molecule has 1 aromatic heterocycles. The highest BCUT2D eigenvalue weighted by Gasteiger charge is 2.10. The number of carbonyl (C=O) groups excluding carboxylic acids is 1. The number of rotatable bonds is 5. The Morgan fingerprint density at radius 2 is 2.31 bits per heavy atom. The lowest BCUT2D eigenvalue weighted by molar-refractivity contribution is 0.0793. The molecule has 0 radical (unpaired) electrons. The fourth-order valence-corrected chi connectivity index (χ4v) is 1.55. The van der Waals surface area contributed by atoms with Gasteiger partial charge in [0.05, 0.1) is 5.56 Å². The Kier molecular flexibility index (Phi) is 5.42. The van der Waals surface area contributed by atoms with Gasteiger partial charge in [-0.05, 0) is 48.1 Å². The van der Waals surface area contributed by atoms with E-state index in [0.717, 1.165) is 24.1 Å². The third-order valence-electron chi connectivity index (χ3n) is 2.24. The van der Waals surface area contributed by atoms with Gasteiger partial charge in [0.25, 0.3) is 5.91 Å². The summed E-state index contributed by atoms with van der Waals surface area (Å²) in [4.78, 5) is 17.6. The molecular formula is C11H16BrN3O. The quantitative estimate of drug-likeness (QED) is 0.659. The van der Waals surface area contributed by atoms with E-state index in [1.54, 1.807) is 30.3 Å². The molecule has 0 saturated carbocycles. The predicted molar refractivity (Wildman–Crippen MR) is 67.4 cm³/mol. The molecular weight excluding hydrogens is 270 g/mol. The van der Waals surface area contributed by atoms with Crippen molar-refractivity contribution in [2.24, 2.45) is 0 Å². The zero-order chi connectivity index (χ0) is 12.0. The molecule has 0 fully saturated rings. The first-order chi connectivity index (χ1) is 7.65. The topological polar surface area (TPSA) is 45.2 Å². The number of nitrogens with zero attached hydrogens (tertiary/aromatic N) is 2. The minimum absolute atomic E-state index is 0.0103. The molecule has 88 valence electrons. The summed E-state index contributed by atoms with van der Waals surface area (Å²) >= 11 is 3.24. The minimum atomic E-state index is 0.0103. The second kappa shape index (κ2) is 6.60. The third-order valence-corrected chi connectivity index (χ3v) is 2.71. The lowest BCUT2D eigenvalue weighted by atomic mass is 10.2. The van der Waals surface area contributed by atoms with Crippen molar-refractivity contribution >= 4 is 21.8 Å². The summed E-state index contributed by atoms with van der Waals surface area (Å²) in [7, 11) is 3.71. The molecule has 0 bridgehead atoms. The normalized spacial score (nSPS) is 10.2. The highest BCUT2D eigenvalue weighted by molar-refractivity contribution is 9.10. The van der Waals surface area contributed by atoms with Crippen LogP contribution < -0.4 is 5.32 Å². The van der Waals surface area contributed by atoms with E-state index in [4.69, 9.17) is 0 Å². The first-order valence-electron chi connectivity index (χ1n) is 5.16. The molecule has 4 nitrogen and oxygen atoms in total. The molecule has 0 aliphatic carbocycles. The van der Waals surface area contributed by atoms with E-state index in [2.05, 4.69) is 26.2 Å². The first-order valence-corrected chi connectivity index (χ1v) is 5.96. The fraction of sp³-hybridized carbons (Fsp3) is 0.455. The molecule has 0 aromatic carbocycles. The maximum atomic E-state index is 11.9. The monoisotopic (exact) mass is 285 g/mol. The van der Waals surface area contributed by atoms with Crippen LogP contribution in [0.2, 0.25) is 0 Å². The molecule has 1 amide bonds. The highest BCUT2D eigenvalue weighted by atomic mass is 79.9. The molecule has 1 aromatic rings. The Labute approximate surface area is 104 Å². The van der Waals surface area contributed by atoms with Crippen molar-refractivity contribution in [3.8, 4) is 0 Å². The van der Waals surface area contributed by atoms with Gasteiger partial charge in [0.1, 0.15) is 4.60 Å². The van der Waals surface area contributed by atoms with Crippen LogP contribution >= 0.6 is 15.9 Å². The van der Waals surface area contributed by atoms with E-state index in [9.17, 15) is 4.79 Å². The van der Waals surface area contributed by atoms with Crippen LogP contribution in [0, 0.1) is 0 Å². The maximum Gasteiger partial charge on any atom is 0.255 e. The maximum absolute atomic E-state index is 11.9. The Morgan fingerprint density at radius 3 is 2.88 bits per heavy atom. The van der Waals surface area contributed by atoms with Gasteiger partial charge in [-0.2, -0.15) is 0 Å². The number of amides is 1. The van der Waals surface area contributed by atoms with Gasteiger partial charge in [-0.15, -0.1) is 0 Å². The minimum Gasteiger partial charge on any atom is -0.342 e. The van der Waals surface area contributed by atoms with Crippen LogP contribution in [-0.2, 0) is 0 Å². The second-order valence-electron chi connectivity index (χ2n) is 3.55. The second-order valence-corrected chi connectivity index (χ2v) is 4.37. The number of aromatic nitrogens is 1. The van der Waals surface area contributed by atoms with Crippen molar-refractivity contribution in [3.05, 3.63) is 28.5 Å². The molecule has 0 aliphatic heterocycles. The first kappa shape index (κ1) is 13.1. The summed E-state index contributed by atoms with van der Waals surface area (Å²) in [5.74, 6) is 0.0103. The number of pyridine rings is 1. The Balaban J connectivity index is 2.53. The van der Waals surface area contributed by atoms with Crippen molar-refractivity contribution < 1.29 is 4.79 Å². The largest absolute Gasteiger partial charge is 0.342 e. The highest BCUT2D eigenvalue weighted by Crippen LogP contribution is 2.08. The standard InChI is InChI=1S/C11H16BrN3O/c1-13-6-3-7-15(2)11(16)9-4-5-10(12)14-8-9/h4-5,8,13H,3,6-7H2,1-2H3. The average molecular weight is 286 g/mol. The van der Waals surface area contributed by atoms with Crippen LogP contribution in [0.15, 0.2) is 22.9 Å². The zero-order valence-electron chi connectivity index (χ0n) is 9.53. The fourth-order valence-electron chi connectivity index (χ4n) is 1.32. The van der Waals surface area contributed by atoms with Crippen LogP contribution in [0.3, 0.4) is 0 Å². The third kappa shape index (κ3) is 3.90. The van der Waals surface area contributed by atoms with Crippen LogP contribution in [-0.4, -0.2) is 43.0 Å². The van der Waals surface area contributed by atoms with Crippen LogP contribution in [0.5, 0.6) is 0 Å². The number of halogens is 1. The Bertz CT molecular complexity index is 340. The summed E-state index contributed by atoms with van der Waals surface area (Å²) in [5.41, 5.74) is 0.621. The average Bonchev–Trinajstić information content (AvgIpc) is 2.29. The summed E-state index contributed by atoms with van der Waals surface area (Å²) in [5, 5.41) is 3.05. The van der Waals surface area contributed by atoms with Gasteiger partial charge < -0.3 is 10.2 Å². The number of hydrogen-bond acceptors (Lipinski definition) is 3. The summed E-state index contributed by atoms with van der Waals surface area (Å²) in [6.07, 6.45) is 2.53. The zero-order valence-corrected chi connectivity index (χ0v) is 11.1. The summed E-state index contributed by atoms with van der Waals surface area (Å²) < 4.78 is 0.738. The number of carbonyl (C=O) groups is 1. The van der Waals surface area contributed by atoms with Crippen molar-refractivity contribution in [3.63, 3.8) is 0 Å². The smallest absolute Gasteiger partial charge is 0.255 e. The van der Waals surface area contributed by atoms with E-state index < -0.39 is 0 Å². The molecule has 0 aliphatic rings. The molecule has 0 atom stereocenters. The van der Waals surface area contributed by atoms with Crippen LogP contribution in [0.4, 0.5) is 0 Å². The SMILES string of the molecule is CNCCCN(C)C(=O)c1ccc(Br)nc1. The summed E-state index contributed by atoms with van der Waals surface area (Å²) in [6.45, 7) is 1.66. The Morgan fingerprint density at radius 1 is 1.56 bits per heavy atom. The molecule has 5 heteroatoms. The Hall–Kier alpha value is -0.940. The molecule has 1 rings (SSSR count). The van der Waals surface area contributed by atoms with Crippen LogP contribution in [0.1, 0.15) is 16.8 Å². The van der Waals surface area contributed by atoms with Gasteiger partial charge in [-0.3, -0.25) is 4.79 Å². The number of hydrogen-bond donors (Lipinski definition) is 1. The van der Waals surface area contributed by atoms with Crippen molar-refractivity contribution in [2.75, 3.05) is 27.2 Å². The predicted octanol–water partition coefficient (Wildman–Crippen LogP) is 1.53. The lowest BCUT2D eigenvalue weighted by Gasteiger charge is -2.16. The molecule has 0 saturated heterocycles.